The Balaban J connectivity index is 1.41. The summed E-state index contributed by atoms with van der Waals surface area (Å²) in [5, 5.41) is 9.26. The van der Waals surface area contributed by atoms with Crippen LogP contribution in [-0.4, -0.2) is 41.7 Å². The first-order valence-electron chi connectivity index (χ1n) is 10.2. The first-order valence-corrected chi connectivity index (χ1v) is 10.2. The third-order valence-electron chi connectivity index (χ3n) is 5.75. The van der Waals surface area contributed by atoms with Gasteiger partial charge in [-0.1, -0.05) is 30.3 Å². The molecule has 0 radical (unpaired) electrons. The maximum Gasteiger partial charge on any atom is 0.260 e. The zero-order valence-corrected chi connectivity index (χ0v) is 17.4. The Kier molecular flexibility index (Phi) is 4.62. The molecule has 3 heterocycles. The lowest BCUT2D eigenvalue weighted by molar-refractivity contribution is 0.0680. The van der Waals surface area contributed by atoms with Crippen molar-refractivity contribution in [1.82, 2.24) is 29.2 Å². The van der Waals surface area contributed by atoms with E-state index in [2.05, 4.69) is 38.8 Å². The average Bonchev–Trinajstić information content (AvgIpc) is 3.19. The van der Waals surface area contributed by atoms with Crippen molar-refractivity contribution >= 4 is 16.8 Å². The third kappa shape index (κ3) is 3.39. The topological polar surface area (TPSA) is 85.9 Å². The fraction of sp³-hybridized carbons (Fsp3) is 0.261. The summed E-state index contributed by atoms with van der Waals surface area (Å²) in [6.45, 7) is 3.03. The SMILES string of the molecule is C[C@H]1CN(C(=O)c2ccc3c(=O)n(C)cnc3c2)Cc2nnc(Cc3ccccc3)n21. The van der Waals surface area contributed by atoms with Crippen molar-refractivity contribution in [3.63, 3.8) is 0 Å². The van der Waals surface area contributed by atoms with Gasteiger partial charge in [0.1, 0.15) is 5.82 Å². The first kappa shape index (κ1) is 19.2. The van der Waals surface area contributed by atoms with E-state index in [4.69, 9.17) is 0 Å². The summed E-state index contributed by atoms with van der Waals surface area (Å²) in [5.41, 5.74) is 2.08. The van der Waals surface area contributed by atoms with Gasteiger partial charge < -0.3 is 14.0 Å². The number of amides is 1. The predicted octanol–water partition coefficient (Wildman–Crippen LogP) is 2.33. The molecule has 0 saturated carbocycles. The largest absolute Gasteiger partial charge is 0.329 e. The lowest BCUT2D eigenvalue weighted by Crippen LogP contribution is -2.40. The van der Waals surface area contributed by atoms with Crippen molar-refractivity contribution in [3.05, 3.63) is 88.0 Å². The van der Waals surface area contributed by atoms with Crippen molar-refractivity contribution in [2.24, 2.45) is 7.05 Å². The van der Waals surface area contributed by atoms with E-state index in [1.54, 1.807) is 30.1 Å². The number of aromatic nitrogens is 5. The minimum atomic E-state index is -0.130. The summed E-state index contributed by atoms with van der Waals surface area (Å²) in [7, 11) is 1.66. The molecule has 4 aromatic rings. The van der Waals surface area contributed by atoms with Crippen LogP contribution in [0.25, 0.3) is 10.9 Å². The van der Waals surface area contributed by atoms with Gasteiger partial charge in [0, 0.05) is 25.6 Å². The van der Waals surface area contributed by atoms with Crippen molar-refractivity contribution in [1.29, 1.82) is 0 Å². The molecule has 0 bridgehead atoms. The molecule has 2 aromatic heterocycles. The van der Waals surface area contributed by atoms with Crippen molar-refractivity contribution in [2.75, 3.05) is 6.54 Å². The fourth-order valence-corrected chi connectivity index (χ4v) is 4.19. The van der Waals surface area contributed by atoms with Crippen molar-refractivity contribution in [3.8, 4) is 0 Å². The second-order valence-corrected chi connectivity index (χ2v) is 7.99. The number of nitrogens with zero attached hydrogens (tertiary/aromatic N) is 6. The Morgan fingerprint density at radius 1 is 1.13 bits per heavy atom. The fourth-order valence-electron chi connectivity index (χ4n) is 4.19. The maximum absolute atomic E-state index is 13.2. The lowest BCUT2D eigenvalue weighted by Gasteiger charge is -2.32. The summed E-state index contributed by atoms with van der Waals surface area (Å²) >= 11 is 0. The quantitative estimate of drug-likeness (QED) is 0.514. The Labute approximate surface area is 178 Å². The van der Waals surface area contributed by atoms with Gasteiger partial charge in [-0.2, -0.15) is 0 Å². The van der Waals surface area contributed by atoms with Crippen LogP contribution in [0.2, 0.25) is 0 Å². The summed E-state index contributed by atoms with van der Waals surface area (Å²) in [5.74, 6) is 1.59. The molecule has 156 valence electrons. The molecule has 1 amide bonds. The third-order valence-corrected chi connectivity index (χ3v) is 5.75. The molecule has 1 aliphatic rings. The highest BCUT2D eigenvalue weighted by atomic mass is 16.2. The van der Waals surface area contributed by atoms with Gasteiger partial charge in [0.2, 0.25) is 0 Å². The highest BCUT2D eigenvalue weighted by Gasteiger charge is 2.29. The zero-order valence-electron chi connectivity index (χ0n) is 17.4. The van der Waals surface area contributed by atoms with Crippen LogP contribution in [0.1, 0.15) is 40.5 Å². The lowest BCUT2D eigenvalue weighted by atomic mass is 10.1. The summed E-state index contributed by atoms with van der Waals surface area (Å²) in [4.78, 5) is 31.5. The Bertz CT molecular complexity index is 1340. The predicted molar refractivity (Wildman–Crippen MR) is 116 cm³/mol. The van der Waals surface area contributed by atoms with Gasteiger partial charge in [0.15, 0.2) is 5.82 Å². The minimum absolute atomic E-state index is 0.0623. The molecule has 0 N–H and O–H groups in total. The van der Waals surface area contributed by atoms with Crippen LogP contribution in [0.15, 0.2) is 59.7 Å². The van der Waals surface area contributed by atoms with E-state index in [-0.39, 0.29) is 17.5 Å². The van der Waals surface area contributed by atoms with Gasteiger partial charge in [0.25, 0.3) is 11.5 Å². The van der Waals surface area contributed by atoms with Crippen LogP contribution >= 0.6 is 0 Å². The molecular formula is C23H22N6O2. The number of carbonyl (C=O) groups excluding carboxylic acids is 1. The number of aryl methyl sites for hydroxylation is 1. The number of hydrogen-bond donors (Lipinski definition) is 0. The van der Waals surface area contributed by atoms with E-state index in [9.17, 15) is 9.59 Å². The number of benzene rings is 2. The number of hydrogen-bond acceptors (Lipinski definition) is 5. The van der Waals surface area contributed by atoms with E-state index < -0.39 is 0 Å². The molecule has 1 atom stereocenters. The molecule has 31 heavy (non-hydrogen) atoms. The zero-order chi connectivity index (χ0) is 21.5. The highest BCUT2D eigenvalue weighted by molar-refractivity contribution is 5.97. The normalized spacial score (nSPS) is 15.8. The standard InChI is InChI=1S/C23H22N6O2/c1-15-12-28(13-21-26-25-20(29(15)21)10-16-6-4-3-5-7-16)22(30)17-8-9-18-19(11-17)24-14-27(2)23(18)31/h3-9,11,14-15H,10,12-13H2,1-2H3/t15-/m0/s1. The van der Waals surface area contributed by atoms with E-state index in [0.717, 1.165) is 11.6 Å². The van der Waals surface area contributed by atoms with Gasteiger partial charge in [-0.25, -0.2) is 4.98 Å². The summed E-state index contributed by atoms with van der Waals surface area (Å²) in [6.07, 6.45) is 2.18. The van der Waals surface area contributed by atoms with Crippen molar-refractivity contribution in [2.45, 2.75) is 25.9 Å². The summed E-state index contributed by atoms with van der Waals surface area (Å²) < 4.78 is 3.57. The van der Waals surface area contributed by atoms with Crippen LogP contribution in [0, 0.1) is 0 Å². The van der Waals surface area contributed by atoms with Crippen LogP contribution < -0.4 is 5.56 Å². The maximum atomic E-state index is 13.2. The monoisotopic (exact) mass is 414 g/mol. The van der Waals surface area contributed by atoms with Crippen molar-refractivity contribution < 1.29 is 4.79 Å². The number of rotatable bonds is 3. The molecule has 0 spiro atoms. The van der Waals surface area contributed by atoms with Crippen LogP contribution in [0.4, 0.5) is 0 Å². The number of carbonyl (C=O) groups is 1. The van der Waals surface area contributed by atoms with Crippen LogP contribution in [0.3, 0.4) is 0 Å². The van der Waals surface area contributed by atoms with Crippen LogP contribution in [-0.2, 0) is 20.0 Å². The molecule has 1 aliphatic heterocycles. The average molecular weight is 414 g/mol. The van der Waals surface area contributed by atoms with Crippen LogP contribution in [0.5, 0.6) is 0 Å². The van der Waals surface area contributed by atoms with Gasteiger partial charge >= 0.3 is 0 Å². The van der Waals surface area contributed by atoms with E-state index >= 15 is 0 Å². The van der Waals surface area contributed by atoms with E-state index in [1.807, 2.05) is 18.2 Å². The molecule has 0 fully saturated rings. The molecule has 0 aliphatic carbocycles. The van der Waals surface area contributed by atoms with Gasteiger partial charge in [0.05, 0.1) is 29.8 Å². The van der Waals surface area contributed by atoms with E-state index in [0.29, 0.717) is 36.0 Å². The summed E-state index contributed by atoms with van der Waals surface area (Å²) in [6, 6.07) is 15.3. The molecule has 5 rings (SSSR count). The molecule has 8 nitrogen and oxygen atoms in total. The molecule has 2 aromatic carbocycles. The molecule has 0 unspecified atom stereocenters. The molecular weight excluding hydrogens is 392 g/mol. The van der Waals surface area contributed by atoms with Gasteiger partial charge in [-0.15, -0.1) is 10.2 Å². The first-order chi connectivity index (χ1) is 15.0. The smallest absolute Gasteiger partial charge is 0.260 e. The Hall–Kier alpha value is -3.81. The Morgan fingerprint density at radius 2 is 1.94 bits per heavy atom. The second-order valence-electron chi connectivity index (χ2n) is 7.99. The number of fused-ring (bicyclic) bond motifs is 2. The Morgan fingerprint density at radius 3 is 2.74 bits per heavy atom. The highest BCUT2D eigenvalue weighted by Crippen LogP contribution is 2.24. The minimum Gasteiger partial charge on any atom is -0.329 e. The molecule has 8 heteroatoms. The molecule has 0 saturated heterocycles. The van der Waals surface area contributed by atoms with Gasteiger partial charge in [-0.3, -0.25) is 9.59 Å². The van der Waals surface area contributed by atoms with E-state index in [1.165, 1.54) is 16.5 Å². The van der Waals surface area contributed by atoms with Gasteiger partial charge in [-0.05, 0) is 30.7 Å². The second kappa shape index (κ2) is 7.46.